The van der Waals surface area contributed by atoms with E-state index in [-0.39, 0.29) is 11.8 Å². The van der Waals surface area contributed by atoms with Crippen LogP contribution in [0.1, 0.15) is 34.5 Å². The lowest BCUT2D eigenvalue weighted by atomic mass is 10.0. The van der Waals surface area contributed by atoms with Gasteiger partial charge in [0.05, 0.1) is 12.2 Å². The second-order valence-corrected chi connectivity index (χ2v) is 8.70. The van der Waals surface area contributed by atoms with Crippen molar-refractivity contribution >= 4 is 23.4 Å². The molecule has 8 heteroatoms. The second kappa shape index (κ2) is 11.8. The molecule has 7 nitrogen and oxygen atoms in total. The van der Waals surface area contributed by atoms with Crippen LogP contribution in [0.4, 0.5) is 0 Å². The molecule has 0 saturated carbocycles. The lowest BCUT2D eigenvalue weighted by Gasteiger charge is -2.38. The highest BCUT2D eigenvalue weighted by Crippen LogP contribution is 2.25. The molecule has 1 atom stereocenters. The number of hydrogen-bond donors (Lipinski definition) is 1. The van der Waals surface area contributed by atoms with Crippen LogP contribution in [0.3, 0.4) is 0 Å². The van der Waals surface area contributed by atoms with Crippen LogP contribution in [-0.2, 0) is 11.3 Å². The van der Waals surface area contributed by atoms with Crippen molar-refractivity contribution in [3.63, 3.8) is 0 Å². The van der Waals surface area contributed by atoms with Crippen LogP contribution < -0.4 is 10.1 Å². The number of carbonyl (C=O) groups is 2. The van der Waals surface area contributed by atoms with Gasteiger partial charge in [0.25, 0.3) is 5.91 Å². The first-order chi connectivity index (χ1) is 17.1. The Morgan fingerprint density at radius 2 is 1.69 bits per heavy atom. The van der Waals surface area contributed by atoms with E-state index in [0.717, 1.165) is 11.1 Å². The number of amides is 2. The fourth-order valence-corrected chi connectivity index (χ4v) is 4.42. The molecule has 0 aliphatic carbocycles. The highest BCUT2D eigenvalue weighted by molar-refractivity contribution is 6.32. The Bertz CT molecular complexity index is 1140. The summed E-state index contributed by atoms with van der Waals surface area (Å²) in [5.74, 6) is 0.136. The van der Waals surface area contributed by atoms with Crippen molar-refractivity contribution in [2.75, 3.05) is 32.8 Å². The molecule has 1 aliphatic rings. The standard InChI is InChI=1S/C27H29ClN4O3/c1-2-35-26-23(28)17-22(19-30-26)27(34)32-15-13-31(14-16-32)24(21-11-7-4-8-12-21)25(33)29-18-20-9-5-3-6-10-20/h3-12,17,19,24H,2,13-16,18H2,1H3,(H,29,33)/t24-/m1/s1. The van der Waals surface area contributed by atoms with E-state index in [9.17, 15) is 9.59 Å². The predicted molar refractivity (Wildman–Crippen MR) is 135 cm³/mol. The van der Waals surface area contributed by atoms with Crippen LogP contribution in [0.5, 0.6) is 5.88 Å². The molecule has 1 fully saturated rings. The molecule has 3 aromatic rings. The quantitative estimate of drug-likeness (QED) is 0.515. The maximum absolute atomic E-state index is 13.3. The molecule has 0 bridgehead atoms. The van der Waals surface area contributed by atoms with Crippen molar-refractivity contribution in [2.45, 2.75) is 19.5 Å². The van der Waals surface area contributed by atoms with E-state index in [1.54, 1.807) is 11.0 Å². The average Bonchev–Trinajstić information content (AvgIpc) is 2.90. The van der Waals surface area contributed by atoms with Gasteiger partial charge in [-0.05, 0) is 24.1 Å². The summed E-state index contributed by atoms with van der Waals surface area (Å²) < 4.78 is 5.36. The smallest absolute Gasteiger partial charge is 0.255 e. The normalized spacial score (nSPS) is 14.9. The summed E-state index contributed by atoms with van der Waals surface area (Å²) in [4.78, 5) is 34.4. The van der Waals surface area contributed by atoms with Crippen LogP contribution in [0.15, 0.2) is 72.9 Å². The second-order valence-electron chi connectivity index (χ2n) is 8.29. The van der Waals surface area contributed by atoms with Crippen molar-refractivity contribution in [3.05, 3.63) is 94.6 Å². The summed E-state index contributed by atoms with van der Waals surface area (Å²) in [5.41, 5.74) is 2.40. The number of piperazine rings is 1. The summed E-state index contributed by atoms with van der Waals surface area (Å²) in [7, 11) is 0. The Hall–Kier alpha value is -3.42. The minimum absolute atomic E-state index is 0.0534. The van der Waals surface area contributed by atoms with Crippen LogP contribution >= 0.6 is 11.6 Å². The van der Waals surface area contributed by atoms with E-state index in [2.05, 4.69) is 15.2 Å². The average molecular weight is 493 g/mol. The zero-order valence-corrected chi connectivity index (χ0v) is 20.4. The van der Waals surface area contributed by atoms with Gasteiger partial charge in [-0.15, -0.1) is 0 Å². The maximum atomic E-state index is 13.3. The van der Waals surface area contributed by atoms with Crippen molar-refractivity contribution in [3.8, 4) is 5.88 Å². The molecule has 1 N–H and O–H groups in total. The van der Waals surface area contributed by atoms with Gasteiger partial charge < -0.3 is 15.0 Å². The first-order valence-corrected chi connectivity index (χ1v) is 12.1. The Kier molecular flexibility index (Phi) is 8.34. The molecular weight excluding hydrogens is 464 g/mol. The number of nitrogens with zero attached hydrogens (tertiary/aromatic N) is 3. The van der Waals surface area contributed by atoms with Gasteiger partial charge in [-0.2, -0.15) is 0 Å². The Labute approximate surface area is 210 Å². The third kappa shape index (κ3) is 6.18. The molecule has 1 aromatic heterocycles. The van der Waals surface area contributed by atoms with Crippen LogP contribution in [0.25, 0.3) is 0 Å². The van der Waals surface area contributed by atoms with Crippen molar-refractivity contribution < 1.29 is 14.3 Å². The van der Waals surface area contributed by atoms with Crippen molar-refractivity contribution in [1.82, 2.24) is 20.1 Å². The van der Waals surface area contributed by atoms with Crippen molar-refractivity contribution in [1.29, 1.82) is 0 Å². The zero-order valence-electron chi connectivity index (χ0n) is 19.7. The fourth-order valence-electron chi connectivity index (χ4n) is 4.20. The number of hydrogen-bond acceptors (Lipinski definition) is 5. The number of pyridine rings is 1. The topological polar surface area (TPSA) is 74.8 Å². The third-order valence-electron chi connectivity index (χ3n) is 5.98. The van der Waals surface area contributed by atoms with Gasteiger partial charge in [-0.25, -0.2) is 4.98 Å². The number of rotatable bonds is 8. The Morgan fingerprint density at radius 3 is 2.31 bits per heavy atom. The van der Waals surface area contributed by atoms with Crippen LogP contribution in [0, 0.1) is 0 Å². The molecule has 4 rings (SSSR count). The number of halogens is 1. The summed E-state index contributed by atoms with van der Waals surface area (Å²) in [5, 5.41) is 3.40. The van der Waals surface area contributed by atoms with Gasteiger partial charge in [0.2, 0.25) is 11.8 Å². The number of benzene rings is 2. The van der Waals surface area contributed by atoms with Gasteiger partial charge in [-0.3, -0.25) is 14.5 Å². The number of aromatic nitrogens is 1. The van der Waals surface area contributed by atoms with E-state index in [1.165, 1.54) is 6.20 Å². The molecule has 0 radical (unpaired) electrons. The van der Waals surface area contributed by atoms with Gasteiger partial charge >= 0.3 is 0 Å². The van der Waals surface area contributed by atoms with Gasteiger partial charge in [0.15, 0.2) is 0 Å². The largest absolute Gasteiger partial charge is 0.477 e. The van der Waals surface area contributed by atoms with Gasteiger partial charge in [0.1, 0.15) is 11.1 Å². The van der Waals surface area contributed by atoms with E-state index in [0.29, 0.717) is 55.8 Å². The minimum atomic E-state index is -0.432. The molecule has 1 saturated heterocycles. The lowest BCUT2D eigenvalue weighted by molar-refractivity contribution is -0.127. The SMILES string of the molecule is CCOc1ncc(C(=O)N2CCN([C@@H](C(=O)NCc3ccccc3)c3ccccc3)CC2)cc1Cl. The lowest BCUT2D eigenvalue weighted by Crippen LogP contribution is -2.52. The number of carbonyl (C=O) groups excluding carboxylic acids is 2. The van der Waals surface area contributed by atoms with E-state index in [4.69, 9.17) is 16.3 Å². The summed E-state index contributed by atoms with van der Waals surface area (Å²) in [6.45, 7) is 4.90. The van der Waals surface area contributed by atoms with E-state index < -0.39 is 6.04 Å². The number of ether oxygens (including phenoxy) is 1. The molecule has 0 spiro atoms. The maximum Gasteiger partial charge on any atom is 0.255 e. The summed E-state index contributed by atoms with van der Waals surface area (Å²) in [6.07, 6.45) is 1.50. The van der Waals surface area contributed by atoms with E-state index >= 15 is 0 Å². The summed E-state index contributed by atoms with van der Waals surface area (Å²) >= 11 is 6.22. The van der Waals surface area contributed by atoms with E-state index in [1.807, 2.05) is 67.6 Å². The van der Waals surface area contributed by atoms with Gasteiger partial charge in [-0.1, -0.05) is 72.3 Å². The first kappa shape index (κ1) is 24.7. The Balaban J connectivity index is 1.42. The molecule has 35 heavy (non-hydrogen) atoms. The Morgan fingerprint density at radius 1 is 1.03 bits per heavy atom. The third-order valence-corrected chi connectivity index (χ3v) is 6.25. The fraction of sp³-hybridized carbons (Fsp3) is 0.296. The monoisotopic (exact) mass is 492 g/mol. The van der Waals surface area contributed by atoms with Crippen LogP contribution in [-0.4, -0.2) is 59.4 Å². The highest BCUT2D eigenvalue weighted by Gasteiger charge is 2.32. The van der Waals surface area contributed by atoms with Crippen molar-refractivity contribution in [2.24, 2.45) is 0 Å². The molecular formula is C27H29ClN4O3. The highest BCUT2D eigenvalue weighted by atomic mass is 35.5. The zero-order chi connectivity index (χ0) is 24.6. The minimum Gasteiger partial charge on any atom is -0.477 e. The molecule has 2 heterocycles. The molecule has 2 amide bonds. The molecule has 1 aliphatic heterocycles. The number of nitrogens with one attached hydrogen (secondary N) is 1. The van der Waals surface area contributed by atoms with Gasteiger partial charge in [0, 0.05) is 38.9 Å². The summed E-state index contributed by atoms with van der Waals surface area (Å²) in [6, 6.07) is 20.8. The molecule has 2 aromatic carbocycles. The first-order valence-electron chi connectivity index (χ1n) is 11.7. The predicted octanol–water partition coefficient (Wildman–Crippen LogP) is 3.95. The van der Waals surface area contributed by atoms with Crippen LogP contribution in [0.2, 0.25) is 5.02 Å². The molecule has 182 valence electrons. The molecule has 0 unspecified atom stereocenters.